The van der Waals surface area contributed by atoms with Crippen LogP contribution in [0.15, 0.2) is 0 Å². The maximum atomic E-state index is 0. The summed E-state index contributed by atoms with van der Waals surface area (Å²) in [6.07, 6.45) is 0. The van der Waals surface area contributed by atoms with Gasteiger partial charge < -0.3 is 16.4 Å². The molecular weight excluding hydrogens is 326 g/mol. The molecule has 7 heavy (non-hydrogen) atoms. The summed E-state index contributed by atoms with van der Waals surface area (Å²) < 4.78 is 0. The Labute approximate surface area is 112 Å². The summed E-state index contributed by atoms with van der Waals surface area (Å²) in [6, 6.07) is 0. The first-order valence-electron chi connectivity index (χ1n) is 0. The van der Waals surface area contributed by atoms with Crippen molar-refractivity contribution in [2.45, 2.75) is 0 Å². The van der Waals surface area contributed by atoms with Crippen LogP contribution in [0.1, 0.15) is 0 Å². The van der Waals surface area contributed by atoms with Gasteiger partial charge in [0.05, 0.1) is 0 Å². The van der Waals surface area contributed by atoms with E-state index >= 15 is 0 Å². The molecule has 0 N–H and O–H groups in total. The topological polar surface area (TPSA) is 85.5 Å². The van der Waals surface area contributed by atoms with Gasteiger partial charge in [0, 0.05) is 0 Å². The fourth-order valence-electron chi connectivity index (χ4n) is 0. The molecule has 3 nitrogen and oxygen atoms in total. The van der Waals surface area contributed by atoms with Crippen LogP contribution in [0.5, 0.6) is 0 Å². The molecule has 0 saturated carbocycles. The Balaban J connectivity index is 0. The van der Waals surface area contributed by atoms with Crippen molar-refractivity contribution < 1.29 is 16.4 Å². The zero-order chi connectivity index (χ0) is 0. The van der Waals surface area contributed by atoms with Crippen LogP contribution in [0.3, 0.4) is 0 Å². The van der Waals surface area contributed by atoms with Gasteiger partial charge >= 0.3 is 97.8 Å². The van der Waals surface area contributed by atoms with E-state index in [1.54, 1.807) is 0 Å². The molecule has 0 amide bonds. The van der Waals surface area contributed by atoms with E-state index < -0.39 is 0 Å². The van der Waals surface area contributed by atoms with Crippen LogP contribution in [0, 0.1) is 0 Å². The smallest absolute Gasteiger partial charge is 2.00 e. The predicted octanol–water partition coefficient (Wildman–Crippen LogP) is -2.95. The maximum Gasteiger partial charge on any atom is 3.00 e. The quantitative estimate of drug-likeness (QED) is 0.426. The third kappa shape index (κ3) is 47.1. The Morgan fingerprint density at radius 3 is 0.429 bits per heavy atom. The van der Waals surface area contributed by atoms with Crippen molar-refractivity contribution in [3.05, 3.63) is 0 Å². The fraction of sp³-hybridized carbons (Fsp3) is 0. The number of hydrogen-bond acceptors (Lipinski definition) is 0. The van der Waals surface area contributed by atoms with E-state index in [1.165, 1.54) is 0 Å². The minimum atomic E-state index is 0. The van der Waals surface area contributed by atoms with Gasteiger partial charge in [0.2, 0.25) is 0 Å². The summed E-state index contributed by atoms with van der Waals surface area (Å²) in [4.78, 5) is 0. The van der Waals surface area contributed by atoms with Gasteiger partial charge in [-0.1, -0.05) is 0 Å². The zero-order valence-electron chi connectivity index (χ0n) is 2.38. The molecule has 0 atom stereocenters. The van der Waals surface area contributed by atoms with Gasteiger partial charge in [-0.25, -0.2) is 0 Å². The SMILES string of the molecule is [In+3].[In+3].[MgH2].[MgH2].[O-2].[O-2].[O-2]. The summed E-state index contributed by atoms with van der Waals surface area (Å²) >= 11 is 0. The van der Waals surface area contributed by atoms with Gasteiger partial charge in [-0.15, -0.1) is 0 Å². The molecule has 0 bridgehead atoms. The average Bonchev–Trinajstić information content (AvgIpc) is 0. The number of rotatable bonds is 0. The summed E-state index contributed by atoms with van der Waals surface area (Å²) in [5, 5.41) is 0. The normalized spacial score (nSPS) is 0. The van der Waals surface area contributed by atoms with Gasteiger partial charge in [0.1, 0.15) is 0 Å². The van der Waals surface area contributed by atoms with Crippen molar-refractivity contribution >= 4 is 97.8 Å². The van der Waals surface area contributed by atoms with Crippen LogP contribution >= 0.6 is 0 Å². The third-order valence-corrected chi connectivity index (χ3v) is 0. The van der Waals surface area contributed by atoms with E-state index in [4.69, 9.17) is 0 Å². The van der Waals surface area contributed by atoms with E-state index in [1.807, 2.05) is 0 Å². The molecule has 0 aliphatic carbocycles. The predicted molar refractivity (Wildman–Crippen MR) is 30.7 cm³/mol. The molecule has 7 heteroatoms. The second-order valence-electron chi connectivity index (χ2n) is 0. The van der Waals surface area contributed by atoms with Crippen molar-refractivity contribution in [3.63, 3.8) is 0 Å². The van der Waals surface area contributed by atoms with E-state index in [-0.39, 0.29) is 114 Å². The summed E-state index contributed by atoms with van der Waals surface area (Å²) in [5.74, 6) is 0. The largest absolute Gasteiger partial charge is 3.00 e. The van der Waals surface area contributed by atoms with Crippen LogP contribution in [0.4, 0.5) is 0 Å². The summed E-state index contributed by atoms with van der Waals surface area (Å²) in [6.45, 7) is 0. The molecule has 0 radical (unpaired) electrons. The molecule has 0 aromatic rings. The molecule has 0 aliphatic rings. The Kier molecular flexibility index (Phi) is 748. The van der Waals surface area contributed by atoms with Crippen LogP contribution in [0.25, 0.3) is 0 Å². The number of hydrogen-bond donors (Lipinski definition) is 0. The van der Waals surface area contributed by atoms with E-state index in [0.29, 0.717) is 0 Å². The van der Waals surface area contributed by atoms with Crippen LogP contribution in [-0.4, -0.2) is 97.8 Å². The molecule has 0 fully saturated rings. The standard InChI is InChI=1S/2In.2Mg.3O.4H/q2*+3;;;3*-2;;;;. The van der Waals surface area contributed by atoms with Gasteiger partial charge in [-0.2, -0.15) is 0 Å². The van der Waals surface area contributed by atoms with Gasteiger partial charge in [0.15, 0.2) is 0 Å². The summed E-state index contributed by atoms with van der Waals surface area (Å²) in [7, 11) is 0. The monoisotopic (exact) mass is 330 g/mol. The molecular formula is H4In2Mg2O3. The van der Waals surface area contributed by atoms with Crippen molar-refractivity contribution in [2.24, 2.45) is 0 Å². The molecule has 0 rings (SSSR count). The van der Waals surface area contributed by atoms with Crippen LogP contribution in [0.2, 0.25) is 0 Å². The van der Waals surface area contributed by atoms with Gasteiger partial charge in [-0.05, 0) is 0 Å². The molecule has 0 spiro atoms. The zero-order valence-corrected chi connectivity index (χ0v) is 8.97. The maximum absolute atomic E-state index is 0. The van der Waals surface area contributed by atoms with Crippen molar-refractivity contribution in [1.82, 2.24) is 0 Å². The Hall–Kier alpha value is 3.15. The Morgan fingerprint density at radius 2 is 0.429 bits per heavy atom. The van der Waals surface area contributed by atoms with Gasteiger partial charge in [-0.3, -0.25) is 0 Å². The second kappa shape index (κ2) is 61.2. The molecule has 0 aromatic heterocycles. The van der Waals surface area contributed by atoms with Crippen LogP contribution in [-0.2, 0) is 16.4 Å². The molecule has 0 aromatic carbocycles. The molecule has 0 aliphatic heterocycles. The van der Waals surface area contributed by atoms with Crippen molar-refractivity contribution in [1.29, 1.82) is 0 Å². The first kappa shape index (κ1) is 85.6. The Bertz CT molecular complexity index is 10.9. The van der Waals surface area contributed by atoms with E-state index in [0.717, 1.165) is 0 Å². The second-order valence-corrected chi connectivity index (χ2v) is 0. The van der Waals surface area contributed by atoms with Crippen LogP contribution < -0.4 is 0 Å². The summed E-state index contributed by atoms with van der Waals surface area (Å²) in [5.41, 5.74) is 0. The van der Waals surface area contributed by atoms with E-state index in [9.17, 15) is 0 Å². The van der Waals surface area contributed by atoms with E-state index in [2.05, 4.69) is 0 Å². The molecule has 0 saturated heterocycles. The third-order valence-electron chi connectivity index (χ3n) is 0. The van der Waals surface area contributed by atoms with Crippen molar-refractivity contribution in [2.75, 3.05) is 0 Å². The molecule has 32 valence electrons. The minimum absolute atomic E-state index is 0. The molecule has 0 unspecified atom stereocenters. The average molecular weight is 330 g/mol. The Morgan fingerprint density at radius 1 is 0.429 bits per heavy atom. The first-order valence-corrected chi connectivity index (χ1v) is 0. The van der Waals surface area contributed by atoms with Gasteiger partial charge in [0.25, 0.3) is 0 Å². The first-order chi connectivity index (χ1) is 0. The molecule has 0 heterocycles. The minimum Gasteiger partial charge on any atom is -2.00 e. The fourth-order valence-corrected chi connectivity index (χ4v) is 0. The van der Waals surface area contributed by atoms with Crippen molar-refractivity contribution in [3.8, 4) is 0 Å².